The lowest BCUT2D eigenvalue weighted by Crippen LogP contribution is -2.33. The van der Waals surface area contributed by atoms with Crippen LogP contribution in [-0.2, 0) is 30.8 Å². The summed E-state index contributed by atoms with van der Waals surface area (Å²) < 4.78 is 25.2. The Balaban J connectivity index is 1.31. The van der Waals surface area contributed by atoms with Crippen LogP contribution in [0, 0.1) is 17.1 Å². The molecule has 204 valence electrons. The average molecular weight is 611 g/mol. The van der Waals surface area contributed by atoms with E-state index in [1.54, 1.807) is 41.7 Å². The average Bonchev–Trinajstić information content (AvgIpc) is 3.55. The first-order valence-corrected chi connectivity index (χ1v) is 13.7. The van der Waals surface area contributed by atoms with Crippen molar-refractivity contribution in [2.45, 2.75) is 26.1 Å². The molecule has 1 amide bonds. The molecule has 2 aromatic heterocycles. The largest absolute Gasteiger partial charge is 0.495 e. The number of carbonyl (C=O) groups is 1. The second-order valence-electron chi connectivity index (χ2n) is 9.70. The van der Waals surface area contributed by atoms with Gasteiger partial charge in [0.05, 0.1) is 49.9 Å². The van der Waals surface area contributed by atoms with E-state index in [1.807, 2.05) is 45.7 Å². The molecule has 0 saturated carbocycles. The minimum atomic E-state index is -0.371. The Kier molecular flexibility index (Phi) is 7.12. The summed E-state index contributed by atoms with van der Waals surface area (Å²) in [5.41, 5.74) is 4.69. The fourth-order valence-corrected chi connectivity index (χ4v) is 5.59. The maximum absolute atomic E-state index is 15.2. The maximum Gasteiger partial charge on any atom is 0.233 e. The number of hydrogen-bond donors (Lipinski definition) is 0. The lowest BCUT2D eigenvalue weighted by Gasteiger charge is -2.23. The Morgan fingerprint density at radius 1 is 1.15 bits per heavy atom. The van der Waals surface area contributed by atoms with Gasteiger partial charge >= 0.3 is 0 Å². The topological polar surface area (TPSA) is 89.0 Å². The quantitative estimate of drug-likeness (QED) is 0.245. The van der Waals surface area contributed by atoms with E-state index in [9.17, 15) is 10.1 Å². The van der Waals surface area contributed by atoms with Crippen molar-refractivity contribution in [3.63, 3.8) is 0 Å². The Hall–Kier alpha value is -4.75. The minimum Gasteiger partial charge on any atom is -0.495 e. The van der Waals surface area contributed by atoms with Gasteiger partial charge in [-0.25, -0.2) is 14.4 Å². The smallest absolute Gasteiger partial charge is 0.233 e. The molecule has 0 atom stereocenters. The van der Waals surface area contributed by atoms with Crippen LogP contribution in [0.4, 0.5) is 10.1 Å². The third-order valence-electron chi connectivity index (χ3n) is 7.19. The summed E-state index contributed by atoms with van der Waals surface area (Å²) in [6, 6.07) is 20.1. The highest BCUT2D eigenvalue weighted by Crippen LogP contribution is 2.33. The van der Waals surface area contributed by atoms with Gasteiger partial charge in [-0.3, -0.25) is 4.79 Å². The van der Waals surface area contributed by atoms with Crippen LogP contribution in [0.5, 0.6) is 5.75 Å². The van der Waals surface area contributed by atoms with E-state index in [4.69, 9.17) is 9.72 Å². The van der Waals surface area contributed by atoms with Crippen molar-refractivity contribution in [3.05, 3.63) is 118 Å². The standard InChI is InChI=1S/C31H24BrFN6O2/c1-41-29-11-20(9-10-21(29)13-34)15-38-19-35-14-22(38)12-31(40)39-18-30-36-27(23-5-2-3-6-25(23)32)17-37(30)16-24-26(33)7-4-8-28(24)39/h2-11,14,17,19H,12,15-16,18H2,1H3. The van der Waals surface area contributed by atoms with E-state index in [2.05, 4.69) is 27.0 Å². The second-order valence-corrected chi connectivity index (χ2v) is 10.6. The summed E-state index contributed by atoms with van der Waals surface area (Å²) in [7, 11) is 1.52. The molecule has 10 heteroatoms. The number of methoxy groups -OCH3 is 1. The zero-order valence-corrected chi connectivity index (χ0v) is 23.7. The van der Waals surface area contributed by atoms with E-state index in [0.717, 1.165) is 21.3 Å². The summed E-state index contributed by atoms with van der Waals surface area (Å²) in [5.74, 6) is 0.584. The molecule has 1 aliphatic heterocycles. The highest BCUT2D eigenvalue weighted by atomic mass is 79.9. The van der Waals surface area contributed by atoms with Gasteiger partial charge in [0.1, 0.15) is 23.5 Å². The van der Waals surface area contributed by atoms with Crippen LogP contribution in [0.1, 0.15) is 28.2 Å². The summed E-state index contributed by atoms with van der Waals surface area (Å²) in [5, 5.41) is 9.28. The van der Waals surface area contributed by atoms with Crippen molar-refractivity contribution in [2.24, 2.45) is 0 Å². The number of fused-ring (bicyclic) bond motifs is 2. The van der Waals surface area contributed by atoms with Crippen molar-refractivity contribution in [2.75, 3.05) is 12.0 Å². The monoisotopic (exact) mass is 610 g/mol. The molecule has 8 nitrogen and oxygen atoms in total. The zero-order valence-electron chi connectivity index (χ0n) is 22.1. The van der Waals surface area contributed by atoms with Gasteiger partial charge in [0.15, 0.2) is 0 Å². The van der Waals surface area contributed by atoms with Gasteiger partial charge in [-0.2, -0.15) is 5.26 Å². The summed E-state index contributed by atoms with van der Waals surface area (Å²) >= 11 is 3.59. The SMILES string of the molecule is COc1cc(Cn2cncc2CC(=O)N2Cc3nc(-c4ccccc4Br)cn3Cc3c(F)cccc32)ccc1C#N. The highest BCUT2D eigenvalue weighted by molar-refractivity contribution is 9.10. The third kappa shape index (κ3) is 5.12. The third-order valence-corrected chi connectivity index (χ3v) is 7.88. The van der Waals surface area contributed by atoms with Crippen molar-refractivity contribution in [1.29, 1.82) is 5.26 Å². The molecule has 1 aliphatic rings. The van der Waals surface area contributed by atoms with Gasteiger partial charge in [-0.1, -0.05) is 46.3 Å². The molecule has 0 N–H and O–H groups in total. The van der Waals surface area contributed by atoms with Crippen LogP contribution in [0.2, 0.25) is 0 Å². The zero-order chi connectivity index (χ0) is 28.5. The number of hydrogen-bond acceptors (Lipinski definition) is 5. The molecule has 6 rings (SSSR count). The van der Waals surface area contributed by atoms with Crippen molar-refractivity contribution in [1.82, 2.24) is 19.1 Å². The normalized spacial score (nSPS) is 12.3. The minimum absolute atomic E-state index is 0.0567. The number of rotatable bonds is 6. The lowest BCUT2D eigenvalue weighted by molar-refractivity contribution is -0.118. The van der Waals surface area contributed by atoms with Crippen molar-refractivity contribution in [3.8, 4) is 23.1 Å². The van der Waals surface area contributed by atoms with Gasteiger partial charge in [-0.05, 0) is 35.9 Å². The molecule has 0 saturated heterocycles. The van der Waals surface area contributed by atoms with Crippen molar-refractivity contribution >= 4 is 27.5 Å². The molecular weight excluding hydrogens is 587 g/mol. The maximum atomic E-state index is 15.2. The molecule has 0 fully saturated rings. The number of anilines is 1. The molecule has 0 aliphatic carbocycles. The van der Waals surface area contributed by atoms with E-state index in [1.165, 1.54) is 13.2 Å². The van der Waals surface area contributed by atoms with Crippen LogP contribution in [0.3, 0.4) is 0 Å². The van der Waals surface area contributed by atoms with Gasteiger partial charge in [0.2, 0.25) is 5.91 Å². The highest BCUT2D eigenvalue weighted by Gasteiger charge is 2.28. The number of amides is 1. The predicted octanol–water partition coefficient (Wildman–Crippen LogP) is 5.71. The first-order valence-electron chi connectivity index (χ1n) is 12.9. The molecule has 3 heterocycles. The van der Waals surface area contributed by atoms with Gasteiger partial charge in [0, 0.05) is 40.2 Å². The second kappa shape index (κ2) is 11.0. The van der Waals surface area contributed by atoms with Crippen LogP contribution in [-0.4, -0.2) is 32.1 Å². The molecule has 41 heavy (non-hydrogen) atoms. The number of halogens is 2. The molecule has 5 aromatic rings. The van der Waals surface area contributed by atoms with Crippen LogP contribution >= 0.6 is 15.9 Å². The fraction of sp³-hybridized carbons (Fsp3) is 0.161. The fourth-order valence-electron chi connectivity index (χ4n) is 5.10. The van der Waals surface area contributed by atoms with E-state index >= 15 is 4.39 Å². The Morgan fingerprint density at radius 2 is 2.00 bits per heavy atom. The van der Waals surface area contributed by atoms with E-state index < -0.39 is 0 Å². The first kappa shape index (κ1) is 26.5. The molecule has 0 spiro atoms. The molecule has 0 bridgehead atoms. The van der Waals surface area contributed by atoms with Gasteiger partial charge < -0.3 is 18.8 Å². The number of imidazole rings is 2. The van der Waals surface area contributed by atoms with Gasteiger partial charge in [-0.15, -0.1) is 0 Å². The van der Waals surface area contributed by atoms with E-state index in [0.29, 0.717) is 40.6 Å². The Bertz CT molecular complexity index is 1820. The number of carbonyl (C=O) groups excluding carboxylic acids is 1. The van der Waals surface area contributed by atoms with Crippen LogP contribution in [0.25, 0.3) is 11.3 Å². The number of benzene rings is 3. The first-order chi connectivity index (χ1) is 19.9. The number of nitrogens with zero attached hydrogens (tertiary/aromatic N) is 6. The van der Waals surface area contributed by atoms with Gasteiger partial charge in [0.25, 0.3) is 0 Å². The Morgan fingerprint density at radius 3 is 2.80 bits per heavy atom. The number of aromatic nitrogens is 4. The number of nitriles is 1. The Labute approximate surface area is 244 Å². The summed E-state index contributed by atoms with van der Waals surface area (Å²) in [6.07, 6.45) is 5.29. The lowest BCUT2D eigenvalue weighted by atomic mass is 10.1. The summed E-state index contributed by atoms with van der Waals surface area (Å²) in [4.78, 5) is 24.6. The van der Waals surface area contributed by atoms with Crippen LogP contribution in [0.15, 0.2) is 83.9 Å². The predicted molar refractivity (Wildman–Crippen MR) is 155 cm³/mol. The molecule has 0 radical (unpaired) electrons. The molecule has 3 aromatic carbocycles. The van der Waals surface area contributed by atoms with E-state index in [-0.39, 0.29) is 31.2 Å². The van der Waals surface area contributed by atoms with Crippen molar-refractivity contribution < 1.29 is 13.9 Å². The molecular formula is C31H24BrFN6O2. The number of ether oxygens (including phenoxy) is 1. The summed E-state index contributed by atoms with van der Waals surface area (Å²) in [6.45, 7) is 0.896. The molecule has 0 unspecified atom stereocenters. The van der Waals surface area contributed by atoms with Crippen LogP contribution < -0.4 is 9.64 Å².